The van der Waals surface area contributed by atoms with Gasteiger partial charge in [-0.05, 0) is 37.8 Å². The molecule has 0 aliphatic carbocycles. The number of carbonyl (C=O) groups excluding carboxylic acids is 1. The van der Waals surface area contributed by atoms with Crippen LogP contribution in [0, 0.1) is 0 Å². The van der Waals surface area contributed by atoms with Gasteiger partial charge in [0.15, 0.2) is 0 Å². The maximum Gasteiger partial charge on any atom is 0.223 e. The first-order valence-electron chi connectivity index (χ1n) is 7.40. The monoisotopic (exact) mass is 258 g/mol. The fourth-order valence-corrected chi connectivity index (χ4v) is 3.41. The van der Waals surface area contributed by atoms with Crippen molar-refractivity contribution in [2.75, 3.05) is 13.1 Å². The van der Waals surface area contributed by atoms with Crippen LogP contribution in [0.1, 0.15) is 31.2 Å². The summed E-state index contributed by atoms with van der Waals surface area (Å²) < 4.78 is 0. The highest BCUT2D eigenvalue weighted by atomic mass is 16.2. The van der Waals surface area contributed by atoms with Crippen LogP contribution in [0.25, 0.3) is 0 Å². The summed E-state index contributed by atoms with van der Waals surface area (Å²) in [6, 6.07) is 11.2. The molecule has 2 fully saturated rings. The maximum absolute atomic E-state index is 12.5. The van der Waals surface area contributed by atoms with Gasteiger partial charge in [0.05, 0.1) is 0 Å². The molecule has 1 amide bonds. The minimum atomic E-state index is 0.347. The largest absolute Gasteiger partial charge is 0.335 e. The van der Waals surface area contributed by atoms with Gasteiger partial charge in [0, 0.05) is 25.0 Å². The second-order valence-corrected chi connectivity index (χ2v) is 5.66. The van der Waals surface area contributed by atoms with E-state index in [2.05, 4.69) is 22.3 Å². The number of amides is 1. The van der Waals surface area contributed by atoms with Crippen LogP contribution in [0.2, 0.25) is 0 Å². The van der Waals surface area contributed by atoms with Crippen LogP contribution in [0.4, 0.5) is 0 Å². The molecule has 19 heavy (non-hydrogen) atoms. The maximum atomic E-state index is 12.5. The number of carbonyl (C=O) groups is 1. The van der Waals surface area contributed by atoms with E-state index < -0.39 is 0 Å². The molecule has 1 N–H and O–H groups in total. The van der Waals surface area contributed by atoms with E-state index in [1.165, 1.54) is 18.4 Å². The molecule has 2 aliphatic rings. The number of fused-ring (bicyclic) bond motifs is 2. The number of hydrogen-bond acceptors (Lipinski definition) is 2. The lowest BCUT2D eigenvalue weighted by molar-refractivity contribution is -0.133. The van der Waals surface area contributed by atoms with Crippen molar-refractivity contribution in [2.24, 2.45) is 0 Å². The Morgan fingerprint density at radius 2 is 1.95 bits per heavy atom. The van der Waals surface area contributed by atoms with E-state index in [0.29, 0.717) is 24.4 Å². The Kier molecular flexibility index (Phi) is 3.83. The van der Waals surface area contributed by atoms with Gasteiger partial charge in [-0.1, -0.05) is 30.3 Å². The Morgan fingerprint density at radius 3 is 2.79 bits per heavy atom. The molecule has 0 aromatic heterocycles. The molecule has 2 aliphatic heterocycles. The van der Waals surface area contributed by atoms with E-state index >= 15 is 0 Å². The van der Waals surface area contributed by atoms with Crippen LogP contribution < -0.4 is 5.32 Å². The number of nitrogens with one attached hydrogen (secondary N) is 1. The van der Waals surface area contributed by atoms with Crippen molar-refractivity contribution in [1.29, 1.82) is 0 Å². The third-order valence-corrected chi connectivity index (χ3v) is 4.41. The highest BCUT2D eigenvalue weighted by molar-refractivity contribution is 5.77. The fraction of sp³-hybridized carbons (Fsp3) is 0.562. The minimum absolute atomic E-state index is 0.347. The average Bonchev–Trinajstić information content (AvgIpc) is 2.71. The second-order valence-electron chi connectivity index (χ2n) is 5.66. The molecule has 2 saturated heterocycles. The van der Waals surface area contributed by atoms with Gasteiger partial charge >= 0.3 is 0 Å². The van der Waals surface area contributed by atoms with E-state index in [1.807, 2.05) is 18.2 Å². The van der Waals surface area contributed by atoms with Crippen molar-refractivity contribution in [3.05, 3.63) is 35.9 Å². The third-order valence-electron chi connectivity index (χ3n) is 4.41. The van der Waals surface area contributed by atoms with Gasteiger partial charge in [0.1, 0.15) is 0 Å². The van der Waals surface area contributed by atoms with E-state index in [1.54, 1.807) is 0 Å². The van der Waals surface area contributed by atoms with Crippen molar-refractivity contribution in [1.82, 2.24) is 10.2 Å². The van der Waals surface area contributed by atoms with E-state index in [9.17, 15) is 4.79 Å². The van der Waals surface area contributed by atoms with E-state index in [0.717, 1.165) is 25.9 Å². The van der Waals surface area contributed by atoms with Gasteiger partial charge in [0.2, 0.25) is 5.91 Å². The predicted molar refractivity (Wildman–Crippen MR) is 75.9 cm³/mol. The van der Waals surface area contributed by atoms with Gasteiger partial charge in [0.25, 0.3) is 0 Å². The first kappa shape index (κ1) is 12.7. The molecule has 2 bridgehead atoms. The Balaban J connectivity index is 1.61. The molecule has 3 rings (SSSR count). The third kappa shape index (κ3) is 2.81. The molecular weight excluding hydrogens is 236 g/mol. The molecule has 3 heteroatoms. The minimum Gasteiger partial charge on any atom is -0.335 e. The van der Waals surface area contributed by atoms with Crippen LogP contribution in [0.5, 0.6) is 0 Å². The summed E-state index contributed by atoms with van der Waals surface area (Å²) in [4.78, 5) is 14.7. The number of nitrogens with zero attached hydrogens (tertiary/aromatic N) is 1. The van der Waals surface area contributed by atoms with Crippen LogP contribution in [0.15, 0.2) is 30.3 Å². The normalized spacial score (nSPS) is 26.2. The highest BCUT2D eigenvalue weighted by Gasteiger charge is 2.37. The zero-order valence-corrected chi connectivity index (χ0v) is 11.3. The van der Waals surface area contributed by atoms with Crippen molar-refractivity contribution in [3.63, 3.8) is 0 Å². The standard InChI is InChI=1S/C16H22N2O/c19-16(9-6-13-4-2-1-3-5-13)18-14-7-8-15(18)12-17-11-10-14/h1-5,14-15,17H,6-12H2. The summed E-state index contributed by atoms with van der Waals surface area (Å²) >= 11 is 0. The topological polar surface area (TPSA) is 32.3 Å². The number of rotatable bonds is 3. The van der Waals surface area contributed by atoms with Crippen LogP contribution in [0.3, 0.4) is 0 Å². The lowest BCUT2D eigenvalue weighted by Gasteiger charge is -2.28. The highest BCUT2D eigenvalue weighted by Crippen LogP contribution is 2.28. The van der Waals surface area contributed by atoms with Crippen LogP contribution >= 0.6 is 0 Å². The first-order chi connectivity index (χ1) is 9.34. The smallest absolute Gasteiger partial charge is 0.223 e. The van der Waals surface area contributed by atoms with Gasteiger partial charge in [-0.2, -0.15) is 0 Å². The molecule has 3 nitrogen and oxygen atoms in total. The number of aryl methyl sites for hydroxylation is 1. The Bertz CT molecular complexity index is 418. The molecule has 0 radical (unpaired) electrons. The lowest BCUT2D eigenvalue weighted by atomic mass is 10.1. The molecule has 2 atom stereocenters. The van der Waals surface area contributed by atoms with Crippen molar-refractivity contribution in [2.45, 2.75) is 44.2 Å². The van der Waals surface area contributed by atoms with Crippen LogP contribution in [-0.2, 0) is 11.2 Å². The zero-order chi connectivity index (χ0) is 13.1. The Labute approximate surface area is 115 Å². The average molecular weight is 258 g/mol. The van der Waals surface area contributed by atoms with Crippen LogP contribution in [-0.4, -0.2) is 36.0 Å². The summed E-state index contributed by atoms with van der Waals surface area (Å²) in [6.07, 6.45) is 5.01. The molecule has 1 aromatic rings. The number of hydrogen-bond donors (Lipinski definition) is 1. The molecule has 2 unspecified atom stereocenters. The van der Waals surface area contributed by atoms with Gasteiger partial charge < -0.3 is 10.2 Å². The van der Waals surface area contributed by atoms with E-state index in [-0.39, 0.29) is 0 Å². The van der Waals surface area contributed by atoms with Gasteiger partial charge in [-0.25, -0.2) is 0 Å². The molecule has 1 aromatic carbocycles. The summed E-state index contributed by atoms with van der Waals surface area (Å²) in [5.74, 6) is 0.347. The Hall–Kier alpha value is -1.35. The van der Waals surface area contributed by atoms with Crippen molar-refractivity contribution in [3.8, 4) is 0 Å². The molecule has 0 saturated carbocycles. The lowest BCUT2D eigenvalue weighted by Crippen LogP contribution is -2.42. The first-order valence-corrected chi connectivity index (χ1v) is 7.40. The summed E-state index contributed by atoms with van der Waals surface area (Å²) in [5.41, 5.74) is 1.26. The zero-order valence-electron chi connectivity index (χ0n) is 11.3. The summed E-state index contributed by atoms with van der Waals surface area (Å²) in [6.45, 7) is 2.04. The van der Waals surface area contributed by atoms with Crippen molar-refractivity contribution < 1.29 is 4.79 Å². The van der Waals surface area contributed by atoms with Gasteiger partial charge in [-0.3, -0.25) is 4.79 Å². The molecule has 2 heterocycles. The van der Waals surface area contributed by atoms with Gasteiger partial charge in [-0.15, -0.1) is 0 Å². The summed E-state index contributed by atoms with van der Waals surface area (Å²) in [5, 5.41) is 3.44. The predicted octanol–water partition coefficient (Wildman–Crippen LogP) is 1.97. The van der Waals surface area contributed by atoms with E-state index in [4.69, 9.17) is 0 Å². The molecule has 102 valence electrons. The molecular formula is C16H22N2O. The SMILES string of the molecule is O=C(CCc1ccccc1)N1C2CCNCC1CC2. The molecule has 0 spiro atoms. The number of benzene rings is 1. The second kappa shape index (κ2) is 5.74. The summed E-state index contributed by atoms with van der Waals surface area (Å²) in [7, 11) is 0. The van der Waals surface area contributed by atoms with Crippen molar-refractivity contribution >= 4 is 5.91 Å². The Morgan fingerprint density at radius 1 is 1.16 bits per heavy atom. The quantitative estimate of drug-likeness (QED) is 0.899. The fourth-order valence-electron chi connectivity index (χ4n) is 3.41.